The van der Waals surface area contributed by atoms with Crippen molar-refractivity contribution < 1.29 is 22.3 Å². The lowest BCUT2D eigenvalue weighted by Crippen LogP contribution is -2.49. The number of amides is 1. The number of halogens is 1. The van der Waals surface area contributed by atoms with Crippen molar-refractivity contribution in [1.82, 2.24) is 9.62 Å². The van der Waals surface area contributed by atoms with Crippen LogP contribution in [0.3, 0.4) is 0 Å². The number of rotatable bonds is 7. The lowest BCUT2D eigenvalue weighted by molar-refractivity contribution is -0.132. The molecule has 9 heteroatoms. The molecule has 1 aliphatic heterocycles. The summed E-state index contributed by atoms with van der Waals surface area (Å²) in [6.07, 6.45) is 1.07. The zero-order valence-corrected chi connectivity index (χ0v) is 17.9. The van der Waals surface area contributed by atoms with Gasteiger partial charge in [0, 0.05) is 32.6 Å². The molecule has 0 unspecified atom stereocenters. The SMILES string of the molecule is COc1ccc([C@H](CC(=O)N2CCN(c3ccccc3F)CC2)NS(C)(=O)=O)cc1. The summed E-state index contributed by atoms with van der Waals surface area (Å²) in [5, 5.41) is 0. The number of benzene rings is 2. The number of sulfonamides is 1. The average Bonchev–Trinajstić information content (AvgIpc) is 2.73. The van der Waals surface area contributed by atoms with Crippen molar-refractivity contribution in [2.24, 2.45) is 0 Å². The first kappa shape index (κ1) is 22.0. The average molecular weight is 436 g/mol. The highest BCUT2D eigenvalue weighted by Gasteiger charge is 2.26. The lowest BCUT2D eigenvalue weighted by atomic mass is 10.0. The van der Waals surface area contributed by atoms with Crippen molar-refractivity contribution in [2.45, 2.75) is 12.5 Å². The van der Waals surface area contributed by atoms with Crippen LogP contribution in [0.4, 0.5) is 10.1 Å². The van der Waals surface area contributed by atoms with Gasteiger partial charge in [-0.05, 0) is 29.8 Å². The van der Waals surface area contributed by atoms with Crippen LogP contribution in [0.15, 0.2) is 48.5 Å². The third-order valence-corrected chi connectivity index (χ3v) is 5.79. The number of ether oxygens (including phenoxy) is 1. The smallest absolute Gasteiger partial charge is 0.224 e. The van der Waals surface area contributed by atoms with Gasteiger partial charge in [0.15, 0.2) is 0 Å². The molecule has 0 aliphatic carbocycles. The Labute approximate surface area is 176 Å². The highest BCUT2D eigenvalue weighted by Crippen LogP contribution is 2.24. The monoisotopic (exact) mass is 435 g/mol. The van der Waals surface area contributed by atoms with Gasteiger partial charge in [-0.3, -0.25) is 4.79 Å². The van der Waals surface area contributed by atoms with E-state index in [1.165, 1.54) is 6.07 Å². The molecule has 2 aromatic rings. The number of para-hydroxylation sites is 1. The van der Waals surface area contributed by atoms with E-state index >= 15 is 0 Å². The van der Waals surface area contributed by atoms with Gasteiger partial charge in [0.25, 0.3) is 0 Å². The summed E-state index contributed by atoms with van der Waals surface area (Å²) in [4.78, 5) is 16.5. The highest BCUT2D eigenvalue weighted by molar-refractivity contribution is 7.88. The van der Waals surface area contributed by atoms with Gasteiger partial charge in [-0.15, -0.1) is 0 Å². The van der Waals surface area contributed by atoms with Crippen LogP contribution in [0.5, 0.6) is 5.75 Å². The molecule has 1 aliphatic rings. The summed E-state index contributed by atoms with van der Waals surface area (Å²) in [7, 11) is -1.97. The molecule has 162 valence electrons. The van der Waals surface area contributed by atoms with Crippen LogP contribution >= 0.6 is 0 Å². The Hall–Kier alpha value is -2.65. The largest absolute Gasteiger partial charge is 0.497 e. The molecule has 1 saturated heterocycles. The lowest BCUT2D eigenvalue weighted by Gasteiger charge is -2.36. The summed E-state index contributed by atoms with van der Waals surface area (Å²) in [5.74, 6) is 0.210. The third kappa shape index (κ3) is 5.70. The Morgan fingerprint density at radius 3 is 2.30 bits per heavy atom. The molecule has 0 saturated carbocycles. The van der Waals surface area contributed by atoms with Gasteiger partial charge in [0.05, 0.1) is 25.1 Å². The van der Waals surface area contributed by atoms with Gasteiger partial charge < -0.3 is 14.5 Å². The molecule has 1 N–H and O–H groups in total. The van der Waals surface area contributed by atoms with E-state index in [0.717, 1.165) is 6.26 Å². The van der Waals surface area contributed by atoms with Gasteiger partial charge in [-0.2, -0.15) is 0 Å². The summed E-state index contributed by atoms with van der Waals surface area (Å²) >= 11 is 0. The number of hydrogen-bond acceptors (Lipinski definition) is 5. The van der Waals surface area contributed by atoms with E-state index < -0.39 is 16.1 Å². The van der Waals surface area contributed by atoms with E-state index in [4.69, 9.17) is 4.74 Å². The van der Waals surface area contributed by atoms with Crippen molar-refractivity contribution in [2.75, 3.05) is 44.4 Å². The van der Waals surface area contributed by atoms with Crippen LogP contribution in [0.25, 0.3) is 0 Å². The maximum absolute atomic E-state index is 14.0. The topological polar surface area (TPSA) is 79.0 Å². The minimum absolute atomic E-state index is 0.000896. The number of carbonyl (C=O) groups excluding carboxylic acids is 1. The standard InChI is InChI=1S/C21H26FN3O4S/c1-29-17-9-7-16(8-10-17)19(23-30(2,27)28)15-21(26)25-13-11-24(12-14-25)20-6-4-3-5-18(20)22/h3-10,19,23H,11-15H2,1-2H3/t19-/m0/s1. The Bertz CT molecular complexity index is 974. The molecule has 1 amide bonds. The Balaban J connectivity index is 1.66. The molecule has 0 aromatic heterocycles. The van der Waals surface area contributed by atoms with Crippen LogP contribution in [0.1, 0.15) is 18.0 Å². The summed E-state index contributed by atoms with van der Waals surface area (Å²) in [6.45, 7) is 1.92. The molecular weight excluding hydrogens is 409 g/mol. The Morgan fingerprint density at radius 1 is 1.10 bits per heavy atom. The predicted octanol–water partition coefficient (Wildman–Crippen LogP) is 2.16. The first-order chi connectivity index (χ1) is 14.3. The molecule has 3 rings (SSSR count). The first-order valence-corrected chi connectivity index (χ1v) is 11.5. The second kappa shape index (κ2) is 9.44. The number of nitrogens with one attached hydrogen (secondary N) is 1. The fraction of sp³-hybridized carbons (Fsp3) is 0.381. The Morgan fingerprint density at radius 2 is 1.73 bits per heavy atom. The van der Waals surface area contributed by atoms with Gasteiger partial charge >= 0.3 is 0 Å². The maximum atomic E-state index is 14.0. The summed E-state index contributed by atoms with van der Waals surface area (Å²) < 4.78 is 45.3. The van der Waals surface area contributed by atoms with Gasteiger partial charge in [-0.1, -0.05) is 24.3 Å². The van der Waals surface area contributed by atoms with Gasteiger partial charge in [0.1, 0.15) is 11.6 Å². The van der Waals surface area contributed by atoms with E-state index in [9.17, 15) is 17.6 Å². The minimum Gasteiger partial charge on any atom is -0.497 e. The van der Waals surface area contributed by atoms with Crippen LogP contribution in [0.2, 0.25) is 0 Å². The highest BCUT2D eigenvalue weighted by atomic mass is 32.2. The molecule has 1 fully saturated rings. The van der Waals surface area contributed by atoms with Crippen molar-refractivity contribution in [3.8, 4) is 5.75 Å². The normalized spacial score (nSPS) is 15.7. The Kier molecular flexibility index (Phi) is 6.94. The maximum Gasteiger partial charge on any atom is 0.224 e. The van der Waals surface area contributed by atoms with Gasteiger partial charge in [-0.25, -0.2) is 17.5 Å². The minimum atomic E-state index is -3.51. The predicted molar refractivity (Wildman–Crippen MR) is 114 cm³/mol. The van der Waals surface area contributed by atoms with Gasteiger partial charge in [0.2, 0.25) is 15.9 Å². The number of anilines is 1. The molecule has 2 aromatic carbocycles. The van der Waals surface area contributed by atoms with E-state index in [0.29, 0.717) is 43.2 Å². The molecule has 30 heavy (non-hydrogen) atoms. The zero-order valence-electron chi connectivity index (χ0n) is 17.0. The van der Waals surface area contributed by atoms with E-state index in [2.05, 4.69) is 4.72 Å². The fourth-order valence-corrected chi connectivity index (χ4v) is 4.27. The first-order valence-electron chi connectivity index (χ1n) is 9.65. The van der Waals surface area contributed by atoms with E-state index in [1.54, 1.807) is 54.5 Å². The van der Waals surface area contributed by atoms with Crippen molar-refractivity contribution in [3.63, 3.8) is 0 Å². The summed E-state index contributed by atoms with van der Waals surface area (Å²) in [6, 6.07) is 12.8. The van der Waals surface area contributed by atoms with E-state index in [1.807, 2.05) is 4.90 Å². The quantitative estimate of drug-likeness (QED) is 0.721. The van der Waals surface area contributed by atoms with Crippen molar-refractivity contribution in [1.29, 1.82) is 0 Å². The van der Waals surface area contributed by atoms with Crippen LogP contribution in [-0.2, 0) is 14.8 Å². The third-order valence-electron chi connectivity index (χ3n) is 5.08. The second-order valence-corrected chi connectivity index (χ2v) is 9.02. The zero-order chi connectivity index (χ0) is 21.7. The number of carbonyl (C=O) groups is 1. The number of nitrogens with zero attached hydrogens (tertiary/aromatic N) is 2. The molecule has 0 spiro atoms. The van der Waals surface area contributed by atoms with Crippen LogP contribution in [-0.4, -0.2) is 58.8 Å². The number of hydrogen-bond donors (Lipinski definition) is 1. The van der Waals surface area contributed by atoms with Crippen LogP contribution < -0.4 is 14.4 Å². The molecule has 0 radical (unpaired) electrons. The second-order valence-electron chi connectivity index (χ2n) is 7.24. The van der Waals surface area contributed by atoms with Crippen LogP contribution in [0, 0.1) is 5.82 Å². The molecule has 0 bridgehead atoms. The molecular formula is C21H26FN3O4S. The van der Waals surface area contributed by atoms with E-state index in [-0.39, 0.29) is 18.1 Å². The molecule has 7 nitrogen and oxygen atoms in total. The molecule has 1 atom stereocenters. The summed E-state index contributed by atoms with van der Waals surface area (Å²) in [5.41, 5.74) is 1.21. The van der Waals surface area contributed by atoms with Crippen molar-refractivity contribution >= 4 is 21.6 Å². The molecule has 1 heterocycles. The van der Waals surface area contributed by atoms with Crippen molar-refractivity contribution in [3.05, 3.63) is 59.9 Å². The number of piperazine rings is 1. The number of methoxy groups -OCH3 is 1. The fourth-order valence-electron chi connectivity index (χ4n) is 3.53.